The molecule has 6 nitrogen and oxygen atoms in total. The first-order valence-electron chi connectivity index (χ1n) is 6.35. The molecule has 21 heavy (non-hydrogen) atoms. The number of methoxy groups -OCH3 is 1. The van der Waals surface area contributed by atoms with Crippen LogP contribution in [0.1, 0.15) is 6.92 Å². The van der Waals surface area contributed by atoms with Gasteiger partial charge in [-0.1, -0.05) is 23.1 Å². The van der Waals surface area contributed by atoms with Crippen molar-refractivity contribution in [2.75, 3.05) is 30.0 Å². The van der Waals surface area contributed by atoms with Crippen molar-refractivity contribution >= 4 is 39.8 Å². The minimum absolute atomic E-state index is 0.0784. The van der Waals surface area contributed by atoms with Crippen molar-refractivity contribution in [3.8, 4) is 5.75 Å². The lowest BCUT2D eigenvalue weighted by Gasteiger charge is -2.05. The van der Waals surface area contributed by atoms with Crippen LogP contribution in [0.3, 0.4) is 0 Å². The van der Waals surface area contributed by atoms with Crippen LogP contribution in [-0.2, 0) is 4.79 Å². The van der Waals surface area contributed by atoms with Crippen molar-refractivity contribution in [2.45, 2.75) is 11.3 Å². The summed E-state index contributed by atoms with van der Waals surface area (Å²) >= 11 is 2.81. The van der Waals surface area contributed by atoms with E-state index in [1.165, 1.54) is 23.1 Å². The van der Waals surface area contributed by atoms with Crippen LogP contribution in [-0.4, -0.2) is 35.5 Å². The topological polar surface area (TPSA) is 76.1 Å². The Hall–Kier alpha value is -1.80. The van der Waals surface area contributed by atoms with Gasteiger partial charge < -0.3 is 15.4 Å². The number of hydrogen-bond acceptors (Lipinski definition) is 7. The summed E-state index contributed by atoms with van der Waals surface area (Å²) in [6, 6.07) is 7.21. The Bertz CT molecular complexity index is 586. The lowest BCUT2D eigenvalue weighted by atomic mass is 10.3. The van der Waals surface area contributed by atoms with Gasteiger partial charge in [-0.2, -0.15) is 0 Å². The molecule has 0 spiro atoms. The number of anilines is 2. The molecule has 112 valence electrons. The van der Waals surface area contributed by atoms with Crippen molar-refractivity contribution < 1.29 is 9.53 Å². The van der Waals surface area contributed by atoms with Crippen LogP contribution in [0.4, 0.5) is 10.8 Å². The highest BCUT2D eigenvalue weighted by Gasteiger charge is 2.08. The Labute approximate surface area is 131 Å². The van der Waals surface area contributed by atoms with Crippen molar-refractivity contribution in [2.24, 2.45) is 0 Å². The highest BCUT2D eigenvalue weighted by atomic mass is 32.2. The molecular weight excluding hydrogens is 308 g/mol. The predicted octanol–water partition coefficient (Wildman–Crippen LogP) is 2.71. The van der Waals surface area contributed by atoms with E-state index in [0.717, 1.165) is 27.5 Å². The van der Waals surface area contributed by atoms with E-state index >= 15 is 0 Å². The van der Waals surface area contributed by atoms with Crippen LogP contribution >= 0.6 is 23.1 Å². The van der Waals surface area contributed by atoms with E-state index in [-0.39, 0.29) is 5.91 Å². The number of nitrogens with one attached hydrogen (secondary N) is 2. The van der Waals surface area contributed by atoms with Crippen LogP contribution in [0.5, 0.6) is 5.75 Å². The molecule has 0 unspecified atom stereocenters. The number of carbonyl (C=O) groups excluding carboxylic acids is 1. The number of carbonyl (C=O) groups is 1. The van der Waals surface area contributed by atoms with E-state index < -0.39 is 0 Å². The molecule has 0 saturated carbocycles. The monoisotopic (exact) mass is 324 g/mol. The maximum Gasteiger partial charge on any atom is 0.234 e. The number of thioether (sulfide) groups is 1. The second-order valence-corrected chi connectivity index (χ2v) is 6.17. The fourth-order valence-corrected chi connectivity index (χ4v) is 3.11. The molecule has 1 aromatic carbocycles. The standard InChI is InChI=1S/C13H16N4O2S2/c1-3-14-12-16-17-13(21-12)20-8-11(18)15-9-4-6-10(19-2)7-5-9/h4-7H,3,8H2,1-2H3,(H,14,16)(H,15,18). The van der Waals surface area contributed by atoms with E-state index in [0.29, 0.717) is 5.75 Å². The average molecular weight is 324 g/mol. The first-order chi connectivity index (χ1) is 10.2. The maximum atomic E-state index is 11.9. The quantitative estimate of drug-likeness (QED) is 0.763. The van der Waals surface area contributed by atoms with Crippen LogP contribution < -0.4 is 15.4 Å². The zero-order valence-electron chi connectivity index (χ0n) is 11.8. The summed E-state index contributed by atoms with van der Waals surface area (Å²) in [5, 5.41) is 14.7. The van der Waals surface area contributed by atoms with E-state index in [1.54, 1.807) is 31.4 Å². The van der Waals surface area contributed by atoms with Gasteiger partial charge in [0.2, 0.25) is 11.0 Å². The fourth-order valence-electron chi connectivity index (χ4n) is 1.49. The van der Waals surface area contributed by atoms with Crippen molar-refractivity contribution in [1.29, 1.82) is 0 Å². The molecule has 0 fully saturated rings. The zero-order valence-corrected chi connectivity index (χ0v) is 13.4. The largest absolute Gasteiger partial charge is 0.497 e. The molecule has 1 aromatic heterocycles. The van der Waals surface area contributed by atoms with E-state index in [2.05, 4.69) is 20.8 Å². The van der Waals surface area contributed by atoms with Gasteiger partial charge in [0, 0.05) is 12.2 Å². The summed E-state index contributed by atoms with van der Waals surface area (Å²) in [6.07, 6.45) is 0. The first kappa shape index (κ1) is 15.6. The Morgan fingerprint density at radius 1 is 1.33 bits per heavy atom. The molecule has 2 aromatic rings. The Morgan fingerprint density at radius 2 is 2.10 bits per heavy atom. The molecule has 0 atom stereocenters. The molecule has 1 heterocycles. The van der Waals surface area contributed by atoms with Gasteiger partial charge in [-0.05, 0) is 31.2 Å². The minimum Gasteiger partial charge on any atom is -0.497 e. The van der Waals surface area contributed by atoms with Gasteiger partial charge in [0.05, 0.1) is 12.9 Å². The van der Waals surface area contributed by atoms with Gasteiger partial charge in [0.1, 0.15) is 5.75 Å². The Kier molecular flexibility index (Phi) is 5.82. The van der Waals surface area contributed by atoms with Gasteiger partial charge >= 0.3 is 0 Å². The molecule has 0 aliphatic heterocycles. The van der Waals surface area contributed by atoms with Gasteiger partial charge in [-0.25, -0.2) is 0 Å². The van der Waals surface area contributed by atoms with Gasteiger partial charge in [0.25, 0.3) is 0 Å². The molecule has 1 amide bonds. The molecule has 0 saturated heterocycles. The van der Waals surface area contributed by atoms with E-state index in [1.807, 2.05) is 6.92 Å². The van der Waals surface area contributed by atoms with Crippen LogP contribution in [0.15, 0.2) is 28.6 Å². The number of rotatable bonds is 7. The summed E-state index contributed by atoms with van der Waals surface area (Å²) in [5.74, 6) is 0.977. The van der Waals surface area contributed by atoms with Crippen molar-refractivity contribution in [1.82, 2.24) is 10.2 Å². The third kappa shape index (κ3) is 4.91. The first-order valence-corrected chi connectivity index (χ1v) is 8.15. The van der Waals surface area contributed by atoms with E-state index in [4.69, 9.17) is 4.74 Å². The second kappa shape index (κ2) is 7.84. The molecule has 8 heteroatoms. The molecule has 2 N–H and O–H groups in total. The molecule has 2 rings (SSSR count). The second-order valence-electron chi connectivity index (χ2n) is 3.97. The van der Waals surface area contributed by atoms with Gasteiger partial charge in [0.15, 0.2) is 4.34 Å². The maximum absolute atomic E-state index is 11.9. The van der Waals surface area contributed by atoms with Gasteiger partial charge in [-0.15, -0.1) is 10.2 Å². The third-order valence-corrected chi connectivity index (χ3v) is 4.45. The Balaban J connectivity index is 1.80. The normalized spacial score (nSPS) is 10.2. The van der Waals surface area contributed by atoms with Crippen molar-refractivity contribution in [3.63, 3.8) is 0 Å². The summed E-state index contributed by atoms with van der Waals surface area (Å²) in [5.41, 5.74) is 0.743. The molecule has 0 aliphatic carbocycles. The summed E-state index contributed by atoms with van der Waals surface area (Å²) in [7, 11) is 1.61. The average Bonchev–Trinajstić information content (AvgIpc) is 2.94. The summed E-state index contributed by atoms with van der Waals surface area (Å²) in [6.45, 7) is 2.80. The lowest BCUT2D eigenvalue weighted by molar-refractivity contribution is -0.113. The zero-order chi connectivity index (χ0) is 15.1. The number of amides is 1. The van der Waals surface area contributed by atoms with E-state index in [9.17, 15) is 4.79 Å². The minimum atomic E-state index is -0.0784. The number of ether oxygens (including phenoxy) is 1. The third-order valence-electron chi connectivity index (χ3n) is 2.43. The fraction of sp³-hybridized carbons (Fsp3) is 0.308. The molecular formula is C13H16N4O2S2. The number of benzene rings is 1. The summed E-state index contributed by atoms with van der Waals surface area (Å²) in [4.78, 5) is 11.9. The molecule has 0 radical (unpaired) electrons. The molecule has 0 aliphatic rings. The predicted molar refractivity (Wildman–Crippen MR) is 86.4 cm³/mol. The van der Waals surface area contributed by atoms with Crippen LogP contribution in [0, 0.1) is 0 Å². The number of aromatic nitrogens is 2. The van der Waals surface area contributed by atoms with Crippen molar-refractivity contribution in [3.05, 3.63) is 24.3 Å². The highest BCUT2D eigenvalue weighted by molar-refractivity contribution is 8.01. The lowest BCUT2D eigenvalue weighted by Crippen LogP contribution is -2.13. The summed E-state index contributed by atoms with van der Waals surface area (Å²) < 4.78 is 5.84. The SMILES string of the molecule is CCNc1nnc(SCC(=O)Nc2ccc(OC)cc2)s1. The highest BCUT2D eigenvalue weighted by Crippen LogP contribution is 2.25. The smallest absolute Gasteiger partial charge is 0.234 e. The van der Waals surface area contributed by atoms with Crippen LogP contribution in [0.2, 0.25) is 0 Å². The number of nitrogens with zero attached hydrogens (tertiary/aromatic N) is 2. The Morgan fingerprint density at radius 3 is 2.76 bits per heavy atom. The molecule has 0 bridgehead atoms. The van der Waals surface area contributed by atoms with Crippen LogP contribution in [0.25, 0.3) is 0 Å². The van der Waals surface area contributed by atoms with Gasteiger partial charge in [-0.3, -0.25) is 4.79 Å². The number of hydrogen-bond donors (Lipinski definition) is 2.